The van der Waals surface area contributed by atoms with Gasteiger partial charge >= 0.3 is 5.97 Å². The Kier molecular flexibility index (Phi) is 8.46. The van der Waals surface area contributed by atoms with Crippen LogP contribution in [0.2, 0.25) is 0 Å². The number of esters is 1. The molecule has 0 aliphatic rings. The van der Waals surface area contributed by atoms with Crippen LogP contribution in [0.4, 0.5) is 0 Å². The van der Waals surface area contributed by atoms with E-state index in [1.54, 1.807) is 21.0 Å². The number of rotatable bonds is 8. The lowest BCUT2D eigenvalue weighted by Crippen LogP contribution is -2.42. The molecule has 0 heterocycles. The molecule has 1 unspecified atom stereocenters. The van der Waals surface area contributed by atoms with Crippen molar-refractivity contribution in [1.82, 2.24) is 10.6 Å². The van der Waals surface area contributed by atoms with E-state index in [9.17, 15) is 9.59 Å². The number of nitrogens with one attached hydrogen (secondary N) is 2. The fourth-order valence-electron chi connectivity index (χ4n) is 0.951. The highest BCUT2D eigenvalue weighted by molar-refractivity contribution is 5.80. The highest BCUT2D eigenvalue weighted by atomic mass is 16.5. The molecule has 0 aliphatic carbocycles. The van der Waals surface area contributed by atoms with Gasteiger partial charge in [0.1, 0.15) is 6.04 Å². The molecule has 0 saturated carbocycles. The van der Waals surface area contributed by atoms with Crippen molar-refractivity contribution in [1.29, 1.82) is 0 Å². The van der Waals surface area contributed by atoms with Crippen LogP contribution in [-0.4, -0.2) is 51.3 Å². The number of carbonyl (C=O) groups excluding carboxylic acids is 2. The number of amides is 1. The van der Waals surface area contributed by atoms with E-state index in [0.29, 0.717) is 19.8 Å². The van der Waals surface area contributed by atoms with Crippen LogP contribution >= 0.6 is 0 Å². The summed E-state index contributed by atoms with van der Waals surface area (Å²) in [6, 6.07) is -0.479. The van der Waals surface area contributed by atoms with Gasteiger partial charge in [-0.1, -0.05) is 0 Å². The molecule has 0 aromatic heterocycles. The van der Waals surface area contributed by atoms with E-state index in [4.69, 9.17) is 9.47 Å². The molecular formula is C10H20N2O4. The number of methoxy groups -OCH3 is 1. The number of ether oxygens (including phenoxy) is 2. The van der Waals surface area contributed by atoms with Gasteiger partial charge in [0.2, 0.25) is 5.91 Å². The largest absolute Gasteiger partial charge is 0.465 e. The second-order valence-electron chi connectivity index (χ2n) is 3.20. The third kappa shape index (κ3) is 7.19. The lowest BCUT2D eigenvalue weighted by atomic mass is 10.3. The van der Waals surface area contributed by atoms with Crippen LogP contribution in [0.5, 0.6) is 0 Å². The number of hydrogen-bond donors (Lipinski definition) is 2. The Morgan fingerprint density at radius 3 is 2.62 bits per heavy atom. The molecular weight excluding hydrogens is 212 g/mol. The molecule has 1 atom stereocenters. The van der Waals surface area contributed by atoms with Crippen LogP contribution < -0.4 is 10.6 Å². The van der Waals surface area contributed by atoms with Crippen LogP contribution in [0.1, 0.15) is 13.8 Å². The smallest absolute Gasteiger partial charge is 0.322 e. The number of hydrogen-bond acceptors (Lipinski definition) is 5. The summed E-state index contributed by atoms with van der Waals surface area (Å²) in [5, 5.41) is 5.40. The zero-order chi connectivity index (χ0) is 12.4. The van der Waals surface area contributed by atoms with Crippen LogP contribution in [0.15, 0.2) is 0 Å². The number of carbonyl (C=O) groups is 2. The van der Waals surface area contributed by atoms with E-state index in [0.717, 1.165) is 0 Å². The fraction of sp³-hybridized carbons (Fsp3) is 0.800. The maximum Gasteiger partial charge on any atom is 0.322 e. The quantitative estimate of drug-likeness (QED) is 0.427. The summed E-state index contributed by atoms with van der Waals surface area (Å²) >= 11 is 0. The molecule has 0 rings (SSSR count). The zero-order valence-electron chi connectivity index (χ0n) is 10.0. The second-order valence-corrected chi connectivity index (χ2v) is 3.20. The van der Waals surface area contributed by atoms with E-state index in [1.165, 1.54) is 0 Å². The third-order valence-corrected chi connectivity index (χ3v) is 1.84. The van der Waals surface area contributed by atoms with E-state index in [2.05, 4.69) is 10.6 Å². The second kappa shape index (κ2) is 9.11. The van der Waals surface area contributed by atoms with E-state index in [1.807, 2.05) is 0 Å². The molecule has 0 aliphatic heterocycles. The van der Waals surface area contributed by atoms with Crippen LogP contribution in [0.25, 0.3) is 0 Å². The first kappa shape index (κ1) is 14.9. The Labute approximate surface area is 95.7 Å². The fourth-order valence-corrected chi connectivity index (χ4v) is 0.951. The molecule has 0 saturated heterocycles. The lowest BCUT2D eigenvalue weighted by Gasteiger charge is -2.12. The van der Waals surface area contributed by atoms with Gasteiger partial charge in [-0.3, -0.25) is 14.9 Å². The van der Waals surface area contributed by atoms with E-state index >= 15 is 0 Å². The van der Waals surface area contributed by atoms with Gasteiger partial charge < -0.3 is 14.8 Å². The summed E-state index contributed by atoms with van der Waals surface area (Å²) in [5.41, 5.74) is 0. The molecule has 0 fully saturated rings. The Morgan fingerprint density at radius 1 is 1.38 bits per heavy atom. The van der Waals surface area contributed by atoms with Crippen LogP contribution in [0.3, 0.4) is 0 Å². The summed E-state index contributed by atoms with van der Waals surface area (Å²) in [6.07, 6.45) is 0. The van der Waals surface area contributed by atoms with Crippen LogP contribution in [0, 0.1) is 0 Å². The topological polar surface area (TPSA) is 76.7 Å². The maximum absolute atomic E-state index is 11.2. The van der Waals surface area contributed by atoms with Crippen molar-refractivity contribution in [2.75, 3.05) is 33.4 Å². The normalized spacial score (nSPS) is 11.9. The van der Waals surface area contributed by atoms with Gasteiger partial charge in [0, 0.05) is 13.7 Å². The Balaban J connectivity index is 3.62. The minimum Gasteiger partial charge on any atom is -0.465 e. The van der Waals surface area contributed by atoms with Crippen molar-refractivity contribution in [2.45, 2.75) is 19.9 Å². The monoisotopic (exact) mass is 232 g/mol. The van der Waals surface area contributed by atoms with Crippen molar-refractivity contribution >= 4 is 11.9 Å². The SMILES string of the molecule is CCOC(=O)C(C)NCC(=O)NCCOC. The predicted molar refractivity (Wildman–Crippen MR) is 59.0 cm³/mol. The van der Waals surface area contributed by atoms with Crippen molar-refractivity contribution < 1.29 is 19.1 Å². The molecule has 6 heteroatoms. The van der Waals surface area contributed by atoms with Gasteiger partial charge in [-0.15, -0.1) is 0 Å². The third-order valence-electron chi connectivity index (χ3n) is 1.84. The molecule has 0 radical (unpaired) electrons. The summed E-state index contributed by atoms with van der Waals surface area (Å²) in [6.45, 7) is 4.75. The molecule has 0 aromatic carbocycles. The molecule has 94 valence electrons. The lowest BCUT2D eigenvalue weighted by molar-refractivity contribution is -0.145. The van der Waals surface area contributed by atoms with Gasteiger partial charge in [0.05, 0.1) is 19.8 Å². The molecule has 0 aromatic rings. The zero-order valence-corrected chi connectivity index (χ0v) is 10.0. The average molecular weight is 232 g/mol. The summed E-state index contributed by atoms with van der Waals surface area (Å²) < 4.78 is 9.56. The van der Waals surface area contributed by atoms with E-state index in [-0.39, 0.29) is 18.4 Å². The van der Waals surface area contributed by atoms with Crippen molar-refractivity contribution in [3.63, 3.8) is 0 Å². The van der Waals surface area contributed by atoms with Gasteiger partial charge in [-0.05, 0) is 13.8 Å². The Bertz CT molecular complexity index is 221. The van der Waals surface area contributed by atoms with Crippen molar-refractivity contribution in [3.8, 4) is 0 Å². The highest BCUT2D eigenvalue weighted by Gasteiger charge is 2.13. The van der Waals surface area contributed by atoms with Gasteiger partial charge in [0.15, 0.2) is 0 Å². The Hall–Kier alpha value is -1.14. The van der Waals surface area contributed by atoms with Gasteiger partial charge in [-0.2, -0.15) is 0 Å². The minimum atomic E-state index is -0.479. The minimum absolute atomic E-state index is 0.0870. The summed E-state index contributed by atoms with van der Waals surface area (Å²) in [7, 11) is 1.56. The van der Waals surface area contributed by atoms with Crippen LogP contribution in [-0.2, 0) is 19.1 Å². The van der Waals surface area contributed by atoms with Gasteiger partial charge in [-0.25, -0.2) is 0 Å². The molecule has 0 spiro atoms. The van der Waals surface area contributed by atoms with Crippen molar-refractivity contribution in [2.24, 2.45) is 0 Å². The first-order valence-electron chi connectivity index (χ1n) is 5.27. The average Bonchev–Trinajstić information content (AvgIpc) is 2.26. The van der Waals surface area contributed by atoms with Crippen molar-refractivity contribution in [3.05, 3.63) is 0 Å². The standard InChI is InChI=1S/C10H20N2O4/c1-4-16-10(14)8(2)12-7-9(13)11-5-6-15-3/h8,12H,4-7H2,1-3H3,(H,11,13). The molecule has 0 bridgehead atoms. The van der Waals surface area contributed by atoms with Gasteiger partial charge in [0.25, 0.3) is 0 Å². The predicted octanol–water partition coefficient (Wildman–Crippen LogP) is -0.710. The first-order chi connectivity index (χ1) is 7.61. The highest BCUT2D eigenvalue weighted by Crippen LogP contribution is 1.86. The molecule has 1 amide bonds. The maximum atomic E-state index is 11.2. The molecule has 6 nitrogen and oxygen atoms in total. The molecule has 16 heavy (non-hydrogen) atoms. The Morgan fingerprint density at radius 2 is 2.06 bits per heavy atom. The summed E-state index contributed by atoms with van der Waals surface area (Å²) in [4.78, 5) is 22.4. The first-order valence-corrected chi connectivity index (χ1v) is 5.27. The summed E-state index contributed by atoms with van der Waals surface area (Å²) in [5.74, 6) is -0.527. The molecule has 2 N–H and O–H groups in total. The van der Waals surface area contributed by atoms with E-state index < -0.39 is 6.04 Å².